The number of esters is 1. The fraction of sp³-hybridized carbons (Fsp3) is 0.438. The van der Waals surface area contributed by atoms with Gasteiger partial charge >= 0.3 is 5.97 Å². The maximum atomic E-state index is 11.8. The van der Waals surface area contributed by atoms with E-state index in [0.717, 1.165) is 24.8 Å². The zero-order chi connectivity index (χ0) is 12.6. The summed E-state index contributed by atoms with van der Waals surface area (Å²) in [6.45, 7) is 0. The molecule has 1 aromatic carbocycles. The van der Waals surface area contributed by atoms with E-state index in [-0.39, 0.29) is 12.1 Å². The summed E-state index contributed by atoms with van der Waals surface area (Å²) >= 11 is 0. The molecule has 0 fully saturated rings. The number of rotatable bonds is 3. The van der Waals surface area contributed by atoms with E-state index in [0.29, 0.717) is 6.42 Å². The highest BCUT2D eigenvalue weighted by atomic mass is 16.5. The average molecular weight is 244 g/mol. The predicted molar refractivity (Wildman–Crippen MR) is 72.3 cm³/mol. The van der Waals surface area contributed by atoms with Crippen LogP contribution in [0, 0.1) is 0 Å². The molecule has 2 rings (SSSR count). The molecule has 2 nitrogen and oxygen atoms in total. The SMILES string of the molecule is O=C(Cc1ccccc1)OC1/C=C/CCCCC1. The van der Waals surface area contributed by atoms with Crippen molar-refractivity contribution in [2.75, 3.05) is 0 Å². The van der Waals surface area contributed by atoms with Crippen LogP contribution in [-0.4, -0.2) is 12.1 Å². The zero-order valence-corrected chi connectivity index (χ0v) is 10.7. The first-order chi connectivity index (χ1) is 8.84. The third kappa shape index (κ3) is 4.36. The minimum absolute atomic E-state index is 0.0264. The van der Waals surface area contributed by atoms with Crippen molar-refractivity contribution >= 4 is 5.97 Å². The van der Waals surface area contributed by atoms with Crippen molar-refractivity contribution in [2.24, 2.45) is 0 Å². The number of hydrogen-bond acceptors (Lipinski definition) is 2. The van der Waals surface area contributed by atoms with E-state index in [4.69, 9.17) is 4.74 Å². The second kappa shape index (κ2) is 7.00. The standard InChI is InChI=1S/C16H20O2/c17-16(13-14-9-5-4-6-10-14)18-15-11-7-2-1-3-8-12-15/h4-7,9-11,15H,1-3,8,12-13H2/b11-7+. The van der Waals surface area contributed by atoms with Crippen molar-refractivity contribution < 1.29 is 9.53 Å². The molecule has 1 atom stereocenters. The Hall–Kier alpha value is -1.57. The monoisotopic (exact) mass is 244 g/mol. The van der Waals surface area contributed by atoms with Crippen molar-refractivity contribution in [1.29, 1.82) is 0 Å². The lowest BCUT2D eigenvalue weighted by Crippen LogP contribution is -2.18. The maximum absolute atomic E-state index is 11.8. The van der Waals surface area contributed by atoms with Gasteiger partial charge in [0.15, 0.2) is 0 Å². The largest absolute Gasteiger partial charge is 0.458 e. The number of benzene rings is 1. The Kier molecular flexibility index (Phi) is 5.00. The molecule has 1 aromatic rings. The van der Waals surface area contributed by atoms with Gasteiger partial charge in [0.1, 0.15) is 6.10 Å². The molecule has 1 aliphatic carbocycles. The Balaban J connectivity index is 1.84. The number of carbonyl (C=O) groups is 1. The van der Waals surface area contributed by atoms with Crippen molar-refractivity contribution in [1.82, 2.24) is 0 Å². The molecule has 0 spiro atoms. The smallest absolute Gasteiger partial charge is 0.310 e. The summed E-state index contributed by atoms with van der Waals surface area (Å²) < 4.78 is 5.51. The van der Waals surface area contributed by atoms with Crippen molar-refractivity contribution in [3.05, 3.63) is 48.0 Å². The zero-order valence-electron chi connectivity index (χ0n) is 10.7. The molecule has 0 heterocycles. The normalized spacial score (nSPS) is 21.7. The predicted octanol–water partition coefficient (Wildman–Crippen LogP) is 3.66. The first-order valence-electron chi connectivity index (χ1n) is 6.74. The molecule has 0 amide bonds. The van der Waals surface area contributed by atoms with E-state index in [2.05, 4.69) is 6.08 Å². The van der Waals surface area contributed by atoms with E-state index in [1.54, 1.807) is 0 Å². The van der Waals surface area contributed by atoms with Gasteiger partial charge in [-0.3, -0.25) is 4.79 Å². The van der Waals surface area contributed by atoms with Gasteiger partial charge in [0.2, 0.25) is 0 Å². The quantitative estimate of drug-likeness (QED) is 0.599. The Labute approximate surface area is 109 Å². The second-order valence-electron chi connectivity index (χ2n) is 4.76. The maximum Gasteiger partial charge on any atom is 0.310 e. The van der Waals surface area contributed by atoms with Gasteiger partial charge in [0.05, 0.1) is 6.42 Å². The van der Waals surface area contributed by atoms with Gasteiger partial charge in [0, 0.05) is 0 Å². The summed E-state index contributed by atoms with van der Waals surface area (Å²) in [4.78, 5) is 11.8. The molecule has 0 saturated carbocycles. The van der Waals surface area contributed by atoms with Crippen LogP contribution in [0.2, 0.25) is 0 Å². The Bertz CT molecular complexity index is 395. The van der Waals surface area contributed by atoms with E-state index >= 15 is 0 Å². The minimum Gasteiger partial charge on any atom is -0.458 e. The van der Waals surface area contributed by atoms with Crippen LogP contribution in [0.15, 0.2) is 42.5 Å². The van der Waals surface area contributed by atoms with Gasteiger partial charge in [-0.1, -0.05) is 42.8 Å². The lowest BCUT2D eigenvalue weighted by Gasteiger charge is -2.16. The first kappa shape index (κ1) is 12.9. The van der Waals surface area contributed by atoms with Gasteiger partial charge in [-0.15, -0.1) is 0 Å². The van der Waals surface area contributed by atoms with Crippen LogP contribution >= 0.6 is 0 Å². The van der Waals surface area contributed by atoms with Crippen molar-refractivity contribution in [3.8, 4) is 0 Å². The molecule has 1 unspecified atom stereocenters. The molecule has 0 radical (unpaired) electrons. The molecular formula is C16H20O2. The van der Waals surface area contributed by atoms with E-state index < -0.39 is 0 Å². The van der Waals surface area contributed by atoms with Crippen LogP contribution < -0.4 is 0 Å². The first-order valence-corrected chi connectivity index (χ1v) is 6.74. The van der Waals surface area contributed by atoms with E-state index in [1.807, 2.05) is 36.4 Å². The van der Waals surface area contributed by atoms with Crippen LogP contribution in [-0.2, 0) is 16.0 Å². The number of allylic oxidation sites excluding steroid dienone is 1. The van der Waals surface area contributed by atoms with Crippen LogP contribution in [0.5, 0.6) is 0 Å². The van der Waals surface area contributed by atoms with Crippen LogP contribution in [0.4, 0.5) is 0 Å². The van der Waals surface area contributed by atoms with Crippen LogP contribution in [0.3, 0.4) is 0 Å². The molecule has 96 valence electrons. The highest BCUT2D eigenvalue weighted by molar-refractivity contribution is 5.72. The molecule has 1 aliphatic rings. The Morgan fingerprint density at radius 3 is 2.83 bits per heavy atom. The topological polar surface area (TPSA) is 26.3 Å². The molecule has 0 bridgehead atoms. The molecule has 2 heteroatoms. The Morgan fingerprint density at radius 1 is 1.17 bits per heavy atom. The van der Waals surface area contributed by atoms with Gasteiger partial charge in [0.25, 0.3) is 0 Å². The summed E-state index contributed by atoms with van der Waals surface area (Å²) in [5.41, 5.74) is 1.01. The summed E-state index contributed by atoms with van der Waals surface area (Å²) in [6, 6.07) is 9.74. The molecule has 0 N–H and O–H groups in total. The number of ether oxygens (including phenoxy) is 1. The highest BCUT2D eigenvalue weighted by Crippen LogP contribution is 2.15. The number of hydrogen-bond donors (Lipinski definition) is 0. The van der Waals surface area contributed by atoms with Crippen LogP contribution in [0.25, 0.3) is 0 Å². The Morgan fingerprint density at radius 2 is 2.00 bits per heavy atom. The summed E-state index contributed by atoms with van der Waals surface area (Å²) in [5, 5.41) is 0. The molecule has 0 aromatic heterocycles. The average Bonchev–Trinajstić information content (AvgIpc) is 2.34. The lowest BCUT2D eigenvalue weighted by molar-refractivity contribution is -0.146. The fourth-order valence-electron chi connectivity index (χ4n) is 2.20. The molecular weight excluding hydrogens is 224 g/mol. The molecule has 18 heavy (non-hydrogen) atoms. The van der Waals surface area contributed by atoms with Gasteiger partial charge in [-0.2, -0.15) is 0 Å². The molecule has 0 saturated heterocycles. The minimum atomic E-state index is -0.128. The third-order valence-electron chi connectivity index (χ3n) is 3.18. The van der Waals surface area contributed by atoms with E-state index in [1.165, 1.54) is 12.8 Å². The summed E-state index contributed by atoms with van der Waals surface area (Å²) in [7, 11) is 0. The second-order valence-corrected chi connectivity index (χ2v) is 4.76. The summed E-state index contributed by atoms with van der Waals surface area (Å²) in [6.07, 6.45) is 10.2. The lowest BCUT2D eigenvalue weighted by atomic mass is 10.0. The third-order valence-corrected chi connectivity index (χ3v) is 3.18. The van der Waals surface area contributed by atoms with E-state index in [9.17, 15) is 4.79 Å². The van der Waals surface area contributed by atoms with Gasteiger partial charge < -0.3 is 4.74 Å². The molecule has 0 aliphatic heterocycles. The van der Waals surface area contributed by atoms with Crippen molar-refractivity contribution in [2.45, 2.75) is 44.6 Å². The summed E-state index contributed by atoms with van der Waals surface area (Å²) in [5.74, 6) is -0.128. The van der Waals surface area contributed by atoms with Crippen LogP contribution in [0.1, 0.15) is 37.7 Å². The van der Waals surface area contributed by atoms with Crippen molar-refractivity contribution in [3.63, 3.8) is 0 Å². The van der Waals surface area contributed by atoms with Gasteiger partial charge in [-0.25, -0.2) is 0 Å². The number of carbonyl (C=O) groups excluding carboxylic acids is 1. The van der Waals surface area contributed by atoms with Gasteiger partial charge in [-0.05, 0) is 37.3 Å². The highest BCUT2D eigenvalue weighted by Gasteiger charge is 2.12. The fourth-order valence-corrected chi connectivity index (χ4v) is 2.20.